The Morgan fingerprint density at radius 2 is 2.29 bits per heavy atom. The Labute approximate surface area is 98.8 Å². The molecule has 0 bridgehead atoms. The molecule has 0 spiro atoms. The maximum atomic E-state index is 11.4. The zero-order valence-corrected chi connectivity index (χ0v) is 9.67. The minimum atomic E-state index is -0.814. The molecule has 7 heteroatoms. The van der Waals surface area contributed by atoms with Gasteiger partial charge in [0.2, 0.25) is 5.91 Å². The molecule has 7 nitrogen and oxygen atoms in total. The van der Waals surface area contributed by atoms with E-state index in [1.165, 1.54) is 10.9 Å². The van der Waals surface area contributed by atoms with Gasteiger partial charge in [0.05, 0.1) is 6.20 Å². The van der Waals surface area contributed by atoms with E-state index in [-0.39, 0.29) is 24.8 Å². The minimum absolute atomic E-state index is 0.125. The highest BCUT2D eigenvalue weighted by atomic mass is 16.4. The van der Waals surface area contributed by atoms with E-state index in [1.807, 2.05) is 6.92 Å². The Morgan fingerprint density at radius 3 is 2.88 bits per heavy atom. The lowest BCUT2D eigenvalue weighted by Crippen LogP contribution is -2.31. The molecule has 1 aromatic rings. The van der Waals surface area contributed by atoms with Crippen molar-refractivity contribution in [1.29, 1.82) is 0 Å². The number of carbonyl (C=O) groups excluding carboxylic acids is 1. The third-order valence-corrected chi connectivity index (χ3v) is 2.28. The maximum absolute atomic E-state index is 11.4. The highest BCUT2D eigenvalue weighted by Crippen LogP contribution is 2.03. The van der Waals surface area contributed by atoms with Gasteiger partial charge in [-0.2, -0.15) is 0 Å². The third kappa shape index (κ3) is 5.64. The molecule has 1 aromatic heterocycles. The lowest BCUT2D eigenvalue weighted by molar-refractivity contribution is -0.137. The van der Waals surface area contributed by atoms with Crippen LogP contribution in [0.2, 0.25) is 0 Å². The van der Waals surface area contributed by atoms with Gasteiger partial charge < -0.3 is 10.4 Å². The molecule has 1 heterocycles. The second-order valence-corrected chi connectivity index (χ2v) is 3.94. The Kier molecular flexibility index (Phi) is 5.12. The fourth-order valence-electron chi connectivity index (χ4n) is 1.28. The van der Waals surface area contributed by atoms with Gasteiger partial charge >= 0.3 is 5.97 Å². The molecule has 0 aliphatic carbocycles. The Morgan fingerprint density at radius 1 is 1.53 bits per heavy atom. The molecule has 94 valence electrons. The van der Waals surface area contributed by atoms with E-state index >= 15 is 0 Å². The number of carboxylic acid groups (broad SMARTS) is 1. The minimum Gasteiger partial charge on any atom is -0.481 e. The number of nitrogens with zero attached hydrogens (tertiary/aromatic N) is 3. The number of hydrogen-bond donors (Lipinski definition) is 2. The fraction of sp³-hybridized carbons (Fsp3) is 0.600. The van der Waals surface area contributed by atoms with E-state index < -0.39 is 5.97 Å². The number of nitrogens with one attached hydrogen (secondary N) is 1. The first-order valence-electron chi connectivity index (χ1n) is 5.40. The van der Waals surface area contributed by atoms with Crippen molar-refractivity contribution in [3.8, 4) is 0 Å². The van der Waals surface area contributed by atoms with Gasteiger partial charge in [-0.15, -0.1) is 5.10 Å². The Balaban J connectivity index is 2.17. The van der Waals surface area contributed by atoms with E-state index in [0.29, 0.717) is 13.0 Å². The molecule has 1 atom stereocenters. The number of rotatable bonds is 7. The summed E-state index contributed by atoms with van der Waals surface area (Å²) in [7, 11) is 0. The second kappa shape index (κ2) is 6.62. The zero-order chi connectivity index (χ0) is 12.7. The van der Waals surface area contributed by atoms with Crippen LogP contribution in [-0.2, 0) is 16.1 Å². The summed E-state index contributed by atoms with van der Waals surface area (Å²) in [4.78, 5) is 21.8. The highest BCUT2D eigenvalue weighted by Gasteiger charge is 2.08. The number of hydrogen-bond acceptors (Lipinski definition) is 4. The molecule has 0 saturated heterocycles. The number of aromatic nitrogens is 3. The van der Waals surface area contributed by atoms with Gasteiger partial charge in [-0.25, -0.2) is 4.68 Å². The summed E-state index contributed by atoms with van der Waals surface area (Å²) in [6.45, 7) is 2.51. The maximum Gasteiger partial charge on any atom is 0.303 e. The quantitative estimate of drug-likeness (QED) is 0.693. The van der Waals surface area contributed by atoms with E-state index in [9.17, 15) is 9.59 Å². The van der Waals surface area contributed by atoms with Crippen molar-refractivity contribution in [2.24, 2.45) is 5.92 Å². The van der Waals surface area contributed by atoms with Crippen LogP contribution in [0.5, 0.6) is 0 Å². The third-order valence-electron chi connectivity index (χ3n) is 2.28. The zero-order valence-electron chi connectivity index (χ0n) is 9.67. The first-order valence-corrected chi connectivity index (χ1v) is 5.40. The van der Waals surface area contributed by atoms with E-state index in [2.05, 4.69) is 15.6 Å². The topological polar surface area (TPSA) is 97.1 Å². The summed E-state index contributed by atoms with van der Waals surface area (Å²) in [5.74, 6) is -0.825. The molecule has 1 rings (SSSR count). The molecule has 17 heavy (non-hydrogen) atoms. The molecule has 0 fully saturated rings. The van der Waals surface area contributed by atoms with Crippen molar-refractivity contribution in [2.45, 2.75) is 26.3 Å². The number of amides is 1. The molecule has 2 N–H and O–H groups in total. The lowest BCUT2D eigenvalue weighted by Gasteiger charge is -2.11. The summed E-state index contributed by atoms with van der Waals surface area (Å²) in [6, 6.07) is 0. The number of carbonyl (C=O) groups is 2. The predicted molar refractivity (Wildman–Crippen MR) is 59.1 cm³/mol. The highest BCUT2D eigenvalue weighted by molar-refractivity contribution is 5.75. The average molecular weight is 240 g/mol. The van der Waals surface area contributed by atoms with Crippen molar-refractivity contribution in [3.05, 3.63) is 12.4 Å². The van der Waals surface area contributed by atoms with Crippen LogP contribution in [-0.4, -0.2) is 38.5 Å². The standard InChI is InChI=1S/C10H16N4O3/c1-8(2-3-10(16)17)6-11-9(15)7-14-5-4-12-13-14/h4-5,8H,2-3,6-7H2,1H3,(H,11,15)(H,16,17). The van der Waals surface area contributed by atoms with Gasteiger partial charge in [0.1, 0.15) is 6.54 Å². The van der Waals surface area contributed by atoms with Crippen LogP contribution in [0.15, 0.2) is 12.4 Å². The predicted octanol–water partition coefficient (Wildman–Crippen LogP) is -0.105. The molecule has 1 unspecified atom stereocenters. The fourth-order valence-corrected chi connectivity index (χ4v) is 1.28. The molecule has 0 saturated carbocycles. The smallest absolute Gasteiger partial charge is 0.303 e. The molecule has 1 amide bonds. The van der Waals surface area contributed by atoms with Crippen molar-refractivity contribution in [1.82, 2.24) is 20.3 Å². The van der Waals surface area contributed by atoms with Crippen LogP contribution < -0.4 is 5.32 Å². The van der Waals surface area contributed by atoms with Crippen molar-refractivity contribution in [2.75, 3.05) is 6.54 Å². The summed E-state index contributed by atoms with van der Waals surface area (Å²) in [5, 5.41) is 18.5. The molecule has 0 aliphatic heterocycles. The van der Waals surface area contributed by atoms with Crippen molar-refractivity contribution >= 4 is 11.9 Å². The van der Waals surface area contributed by atoms with Crippen LogP contribution in [0.25, 0.3) is 0 Å². The van der Waals surface area contributed by atoms with Gasteiger partial charge in [0.25, 0.3) is 0 Å². The number of aliphatic carboxylic acids is 1. The number of carboxylic acids is 1. The van der Waals surface area contributed by atoms with Gasteiger partial charge in [0, 0.05) is 19.2 Å². The SMILES string of the molecule is CC(CCC(=O)O)CNC(=O)Cn1ccnn1. The van der Waals surface area contributed by atoms with E-state index in [4.69, 9.17) is 5.11 Å². The van der Waals surface area contributed by atoms with Crippen molar-refractivity contribution < 1.29 is 14.7 Å². The van der Waals surface area contributed by atoms with Crippen LogP contribution in [0.3, 0.4) is 0 Å². The van der Waals surface area contributed by atoms with Gasteiger partial charge in [0.15, 0.2) is 0 Å². The molecule has 0 aliphatic rings. The monoisotopic (exact) mass is 240 g/mol. The first kappa shape index (κ1) is 13.1. The Bertz CT molecular complexity index is 364. The summed E-state index contributed by atoms with van der Waals surface area (Å²) >= 11 is 0. The summed E-state index contributed by atoms with van der Waals surface area (Å²) in [5.41, 5.74) is 0. The summed E-state index contributed by atoms with van der Waals surface area (Å²) in [6.07, 6.45) is 3.79. The van der Waals surface area contributed by atoms with Crippen molar-refractivity contribution in [3.63, 3.8) is 0 Å². The Hall–Kier alpha value is -1.92. The van der Waals surface area contributed by atoms with Gasteiger partial charge in [-0.1, -0.05) is 12.1 Å². The first-order chi connectivity index (χ1) is 8.08. The summed E-state index contributed by atoms with van der Waals surface area (Å²) < 4.78 is 1.43. The van der Waals surface area contributed by atoms with Crippen LogP contribution in [0.1, 0.15) is 19.8 Å². The normalized spacial score (nSPS) is 12.1. The molecular formula is C10H16N4O3. The average Bonchev–Trinajstić information content (AvgIpc) is 2.76. The lowest BCUT2D eigenvalue weighted by atomic mass is 10.1. The molecule has 0 radical (unpaired) electrons. The van der Waals surface area contributed by atoms with Gasteiger partial charge in [-0.05, 0) is 12.3 Å². The van der Waals surface area contributed by atoms with Crippen LogP contribution in [0.4, 0.5) is 0 Å². The van der Waals surface area contributed by atoms with E-state index in [1.54, 1.807) is 6.20 Å². The van der Waals surface area contributed by atoms with E-state index in [0.717, 1.165) is 0 Å². The molecule has 0 aromatic carbocycles. The molecular weight excluding hydrogens is 224 g/mol. The van der Waals surface area contributed by atoms with Crippen LogP contribution in [0, 0.1) is 5.92 Å². The largest absolute Gasteiger partial charge is 0.481 e. The van der Waals surface area contributed by atoms with Gasteiger partial charge in [-0.3, -0.25) is 9.59 Å². The van der Waals surface area contributed by atoms with Crippen LogP contribution >= 0.6 is 0 Å². The second-order valence-electron chi connectivity index (χ2n) is 3.94.